The van der Waals surface area contributed by atoms with Gasteiger partial charge in [0, 0.05) is 36.0 Å². The first kappa shape index (κ1) is 10.0. The molecule has 0 saturated heterocycles. The molecule has 2 aromatic heterocycles. The summed E-state index contributed by atoms with van der Waals surface area (Å²) >= 11 is 0. The summed E-state index contributed by atoms with van der Waals surface area (Å²) in [5, 5.41) is 10.6. The molecule has 0 aliphatic carbocycles. The van der Waals surface area contributed by atoms with Crippen LogP contribution in [0.1, 0.15) is 5.56 Å². The summed E-state index contributed by atoms with van der Waals surface area (Å²) in [6.07, 6.45) is 7.10. The second-order valence-corrected chi connectivity index (χ2v) is 4.21. The van der Waals surface area contributed by atoms with Crippen molar-refractivity contribution in [1.82, 2.24) is 9.55 Å². The molecule has 86 valence electrons. The number of aryl methyl sites for hydroxylation is 2. The number of H-pyrrole nitrogens is 1. The molecule has 0 atom stereocenters. The molecule has 0 aliphatic rings. The summed E-state index contributed by atoms with van der Waals surface area (Å²) in [6.45, 7) is 0.954. The Labute approximate surface area is 99.3 Å². The average Bonchev–Trinajstić information content (AvgIpc) is 2.94. The van der Waals surface area contributed by atoms with Crippen molar-refractivity contribution in [2.75, 3.05) is 0 Å². The molecule has 3 nitrogen and oxygen atoms in total. The molecule has 0 saturated carbocycles. The first-order chi connectivity index (χ1) is 8.33. The van der Waals surface area contributed by atoms with Gasteiger partial charge in [-0.05, 0) is 42.3 Å². The van der Waals surface area contributed by atoms with Gasteiger partial charge in [0.1, 0.15) is 5.75 Å². The van der Waals surface area contributed by atoms with Crippen molar-refractivity contribution < 1.29 is 5.11 Å². The van der Waals surface area contributed by atoms with Crippen LogP contribution in [0.2, 0.25) is 0 Å². The second-order valence-electron chi connectivity index (χ2n) is 4.21. The average molecular weight is 226 g/mol. The number of phenolic OH excluding ortho intramolecular Hbond substituents is 1. The zero-order valence-corrected chi connectivity index (χ0v) is 9.43. The molecule has 1 aromatic carbocycles. The van der Waals surface area contributed by atoms with Crippen molar-refractivity contribution in [2.24, 2.45) is 0 Å². The van der Waals surface area contributed by atoms with Crippen molar-refractivity contribution in [3.05, 3.63) is 54.5 Å². The Hall–Kier alpha value is -2.16. The van der Waals surface area contributed by atoms with Crippen molar-refractivity contribution in [3.63, 3.8) is 0 Å². The standard InChI is InChI=1S/C14H14N2O/c17-12-3-4-14-13(9-12)11(10-15-14)5-8-16-6-1-2-7-16/h1-4,6-7,9-10,15,17H,5,8H2. The number of hydrogen-bond acceptors (Lipinski definition) is 1. The maximum Gasteiger partial charge on any atom is 0.116 e. The third-order valence-electron chi connectivity index (χ3n) is 3.06. The fourth-order valence-electron chi connectivity index (χ4n) is 2.14. The number of nitrogens with one attached hydrogen (secondary N) is 1. The predicted molar refractivity (Wildman–Crippen MR) is 68.1 cm³/mol. The van der Waals surface area contributed by atoms with E-state index in [-0.39, 0.29) is 0 Å². The minimum absolute atomic E-state index is 0.319. The van der Waals surface area contributed by atoms with Gasteiger partial charge in [-0.15, -0.1) is 0 Å². The Kier molecular flexibility index (Phi) is 2.37. The lowest BCUT2D eigenvalue weighted by atomic mass is 10.1. The van der Waals surface area contributed by atoms with Crippen molar-refractivity contribution >= 4 is 10.9 Å². The van der Waals surface area contributed by atoms with Crippen LogP contribution in [0.4, 0.5) is 0 Å². The maximum atomic E-state index is 9.51. The number of benzene rings is 1. The molecule has 17 heavy (non-hydrogen) atoms. The zero-order valence-electron chi connectivity index (χ0n) is 9.43. The van der Waals surface area contributed by atoms with Crippen LogP contribution in [0.5, 0.6) is 5.75 Å². The van der Waals surface area contributed by atoms with Gasteiger partial charge in [-0.25, -0.2) is 0 Å². The quantitative estimate of drug-likeness (QED) is 0.708. The molecule has 2 N–H and O–H groups in total. The minimum atomic E-state index is 0.319. The SMILES string of the molecule is Oc1ccc2[nH]cc(CCn3cccc3)c2c1. The number of aromatic nitrogens is 2. The molecule has 3 heteroatoms. The van der Waals surface area contributed by atoms with E-state index in [2.05, 4.69) is 21.9 Å². The smallest absolute Gasteiger partial charge is 0.116 e. The molecule has 0 fully saturated rings. The summed E-state index contributed by atoms with van der Waals surface area (Å²) in [7, 11) is 0. The van der Waals surface area contributed by atoms with Gasteiger partial charge in [0.05, 0.1) is 0 Å². The largest absolute Gasteiger partial charge is 0.508 e. The Morgan fingerprint density at radius 2 is 2.00 bits per heavy atom. The third kappa shape index (κ3) is 1.91. The molecule has 0 bridgehead atoms. The van der Waals surface area contributed by atoms with Gasteiger partial charge in [0.2, 0.25) is 0 Å². The lowest BCUT2D eigenvalue weighted by Gasteiger charge is -2.02. The van der Waals surface area contributed by atoms with E-state index in [9.17, 15) is 5.11 Å². The summed E-state index contributed by atoms with van der Waals surface area (Å²) in [6, 6.07) is 9.48. The van der Waals surface area contributed by atoms with E-state index < -0.39 is 0 Å². The van der Waals surface area contributed by atoms with E-state index >= 15 is 0 Å². The van der Waals surface area contributed by atoms with Gasteiger partial charge < -0.3 is 14.7 Å². The van der Waals surface area contributed by atoms with Crippen LogP contribution in [0.25, 0.3) is 10.9 Å². The summed E-state index contributed by atoms with van der Waals surface area (Å²) in [5.41, 5.74) is 2.31. The van der Waals surface area contributed by atoms with Gasteiger partial charge in [-0.3, -0.25) is 0 Å². The number of aromatic amines is 1. The Morgan fingerprint density at radius 1 is 1.18 bits per heavy atom. The van der Waals surface area contributed by atoms with Crippen LogP contribution >= 0.6 is 0 Å². The van der Waals surface area contributed by atoms with Crippen LogP contribution in [-0.4, -0.2) is 14.7 Å². The van der Waals surface area contributed by atoms with E-state index in [1.807, 2.05) is 30.5 Å². The molecular formula is C14H14N2O. The first-order valence-electron chi connectivity index (χ1n) is 5.73. The van der Waals surface area contributed by atoms with E-state index in [1.165, 1.54) is 5.56 Å². The highest BCUT2D eigenvalue weighted by molar-refractivity contribution is 5.84. The molecule has 0 aliphatic heterocycles. The molecule has 0 spiro atoms. The molecule has 3 aromatic rings. The van der Waals surface area contributed by atoms with Crippen molar-refractivity contribution in [3.8, 4) is 5.75 Å². The topological polar surface area (TPSA) is 40.9 Å². The van der Waals surface area contributed by atoms with Gasteiger partial charge in [0.25, 0.3) is 0 Å². The molecule has 3 rings (SSSR count). The van der Waals surface area contributed by atoms with Gasteiger partial charge in [0.15, 0.2) is 0 Å². The minimum Gasteiger partial charge on any atom is -0.508 e. The fourth-order valence-corrected chi connectivity index (χ4v) is 2.14. The lowest BCUT2D eigenvalue weighted by molar-refractivity contribution is 0.476. The number of hydrogen-bond donors (Lipinski definition) is 2. The molecule has 0 amide bonds. The fraction of sp³-hybridized carbons (Fsp3) is 0.143. The predicted octanol–water partition coefficient (Wildman–Crippen LogP) is 2.92. The van der Waals surface area contributed by atoms with Crippen molar-refractivity contribution in [2.45, 2.75) is 13.0 Å². The zero-order chi connectivity index (χ0) is 11.7. The van der Waals surface area contributed by atoms with Crippen LogP contribution < -0.4 is 0 Å². The molecule has 2 heterocycles. The maximum absolute atomic E-state index is 9.51. The number of nitrogens with zero attached hydrogens (tertiary/aromatic N) is 1. The molecule has 0 radical (unpaired) electrons. The number of aromatic hydroxyl groups is 1. The Morgan fingerprint density at radius 3 is 2.82 bits per heavy atom. The van der Waals surface area contributed by atoms with Gasteiger partial charge >= 0.3 is 0 Å². The highest BCUT2D eigenvalue weighted by atomic mass is 16.3. The van der Waals surface area contributed by atoms with Gasteiger partial charge in [-0.1, -0.05) is 0 Å². The normalized spacial score (nSPS) is 11.1. The third-order valence-corrected chi connectivity index (χ3v) is 3.06. The highest BCUT2D eigenvalue weighted by Crippen LogP contribution is 2.23. The molecular weight excluding hydrogens is 212 g/mol. The monoisotopic (exact) mass is 226 g/mol. The van der Waals surface area contributed by atoms with E-state index in [0.29, 0.717) is 5.75 Å². The van der Waals surface area contributed by atoms with Crippen LogP contribution in [0.3, 0.4) is 0 Å². The number of fused-ring (bicyclic) bond motifs is 1. The Balaban J connectivity index is 1.87. The van der Waals surface area contributed by atoms with Crippen LogP contribution in [-0.2, 0) is 13.0 Å². The second kappa shape index (κ2) is 4.01. The van der Waals surface area contributed by atoms with E-state index in [1.54, 1.807) is 6.07 Å². The van der Waals surface area contributed by atoms with Crippen molar-refractivity contribution in [1.29, 1.82) is 0 Å². The summed E-state index contributed by atoms with van der Waals surface area (Å²) in [5.74, 6) is 0.319. The summed E-state index contributed by atoms with van der Waals surface area (Å²) < 4.78 is 2.15. The number of rotatable bonds is 3. The van der Waals surface area contributed by atoms with Gasteiger partial charge in [-0.2, -0.15) is 0 Å². The highest BCUT2D eigenvalue weighted by Gasteiger charge is 2.04. The van der Waals surface area contributed by atoms with Crippen LogP contribution in [0, 0.1) is 0 Å². The van der Waals surface area contributed by atoms with E-state index in [0.717, 1.165) is 23.9 Å². The first-order valence-corrected chi connectivity index (χ1v) is 5.73. The van der Waals surface area contributed by atoms with Crippen LogP contribution in [0.15, 0.2) is 48.9 Å². The van der Waals surface area contributed by atoms with E-state index in [4.69, 9.17) is 0 Å². The molecule has 0 unspecified atom stereocenters. The number of phenols is 1. The summed E-state index contributed by atoms with van der Waals surface area (Å²) in [4.78, 5) is 3.23. The Bertz CT molecular complexity index is 623. The lowest BCUT2D eigenvalue weighted by Crippen LogP contribution is -1.97.